The van der Waals surface area contributed by atoms with Gasteiger partial charge in [-0.15, -0.1) is 0 Å². The quantitative estimate of drug-likeness (QED) is 0.781. The van der Waals surface area contributed by atoms with E-state index in [1.54, 1.807) is 6.42 Å². The SMILES string of the molecule is C(#CC1C2CC3CC(C2)CC1C3)CNC1CCOCC1. The lowest BCUT2D eigenvalue weighted by Crippen LogP contribution is -2.44. The maximum Gasteiger partial charge on any atom is 0.0578 e. The monoisotopic (exact) mass is 273 g/mol. The van der Waals surface area contributed by atoms with Crippen LogP contribution >= 0.6 is 0 Å². The first-order valence-electron chi connectivity index (χ1n) is 8.68. The van der Waals surface area contributed by atoms with Gasteiger partial charge in [-0.05, 0) is 68.6 Å². The van der Waals surface area contributed by atoms with Crippen molar-refractivity contribution in [1.29, 1.82) is 0 Å². The summed E-state index contributed by atoms with van der Waals surface area (Å²) in [5.41, 5.74) is 0. The Labute approximate surface area is 123 Å². The molecule has 5 fully saturated rings. The van der Waals surface area contributed by atoms with Gasteiger partial charge in [-0.25, -0.2) is 0 Å². The van der Waals surface area contributed by atoms with Gasteiger partial charge in [0.2, 0.25) is 0 Å². The molecule has 20 heavy (non-hydrogen) atoms. The van der Waals surface area contributed by atoms with E-state index in [-0.39, 0.29) is 0 Å². The Bertz CT molecular complexity index is 373. The fraction of sp³-hybridized carbons (Fsp3) is 0.889. The number of ether oxygens (including phenoxy) is 1. The number of rotatable bonds is 2. The molecule has 2 heteroatoms. The Morgan fingerprint density at radius 3 is 2.20 bits per heavy atom. The minimum atomic E-state index is 0.636. The van der Waals surface area contributed by atoms with Crippen LogP contribution < -0.4 is 5.32 Å². The van der Waals surface area contributed by atoms with Crippen LogP contribution in [0.4, 0.5) is 0 Å². The summed E-state index contributed by atoms with van der Waals surface area (Å²) in [7, 11) is 0. The second kappa shape index (κ2) is 5.70. The van der Waals surface area contributed by atoms with Gasteiger partial charge < -0.3 is 10.1 Å². The van der Waals surface area contributed by atoms with Crippen LogP contribution in [0.2, 0.25) is 0 Å². The number of hydrogen-bond donors (Lipinski definition) is 1. The molecule has 4 bridgehead atoms. The van der Waals surface area contributed by atoms with Gasteiger partial charge in [0, 0.05) is 25.2 Å². The van der Waals surface area contributed by atoms with E-state index < -0.39 is 0 Å². The molecule has 5 aliphatic rings. The summed E-state index contributed by atoms with van der Waals surface area (Å²) in [6, 6.07) is 0.636. The van der Waals surface area contributed by atoms with Gasteiger partial charge in [0.1, 0.15) is 0 Å². The maximum atomic E-state index is 5.39. The third-order valence-corrected chi connectivity index (χ3v) is 6.20. The standard InChI is InChI=1S/C18H27NO/c1(5-19-17-3-6-20-7-4-17)2-18-15-9-13-8-14(11-15)12-16(18)10-13/h13-19H,3-12H2. The molecule has 0 aromatic rings. The van der Waals surface area contributed by atoms with Crippen molar-refractivity contribution in [2.24, 2.45) is 29.6 Å². The van der Waals surface area contributed by atoms with Gasteiger partial charge in [-0.1, -0.05) is 11.8 Å². The highest BCUT2D eigenvalue weighted by Crippen LogP contribution is 2.56. The molecule has 1 aliphatic heterocycles. The highest BCUT2D eigenvalue weighted by molar-refractivity contribution is 5.13. The molecular weight excluding hydrogens is 246 g/mol. The van der Waals surface area contributed by atoms with Crippen LogP contribution in [0.15, 0.2) is 0 Å². The predicted molar refractivity (Wildman–Crippen MR) is 80.2 cm³/mol. The van der Waals surface area contributed by atoms with Crippen LogP contribution in [0, 0.1) is 41.4 Å². The average molecular weight is 273 g/mol. The summed E-state index contributed by atoms with van der Waals surface area (Å²) >= 11 is 0. The van der Waals surface area contributed by atoms with Crippen LogP contribution in [0.1, 0.15) is 44.9 Å². The number of hydrogen-bond acceptors (Lipinski definition) is 2. The van der Waals surface area contributed by atoms with E-state index in [1.807, 2.05) is 0 Å². The van der Waals surface area contributed by atoms with Crippen molar-refractivity contribution in [1.82, 2.24) is 5.32 Å². The molecule has 1 heterocycles. The summed E-state index contributed by atoms with van der Waals surface area (Å²) in [6.45, 7) is 2.72. The van der Waals surface area contributed by atoms with Crippen molar-refractivity contribution in [3.8, 4) is 11.8 Å². The summed E-state index contributed by atoms with van der Waals surface area (Å²) in [6.07, 6.45) is 9.79. The smallest absolute Gasteiger partial charge is 0.0578 e. The van der Waals surface area contributed by atoms with Crippen molar-refractivity contribution in [3.05, 3.63) is 0 Å². The van der Waals surface area contributed by atoms with Gasteiger partial charge in [0.25, 0.3) is 0 Å². The Morgan fingerprint density at radius 2 is 1.55 bits per heavy atom. The molecule has 0 aromatic heterocycles. The largest absolute Gasteiger partial charge is 0.381 e. The summed E-state index contributed by atoms with van der Waals surface area (Å²) in [5.74, 6) is 11.9. The molecule has 110 valence electrons. The third-order valence-electron chi connectivity index (χ3n) is 6.20. The first kappa shape index (κ1) is 13.2. The Morgan fingerprint density at radius 1 is 0.900 bits per heavy atom. The summed E-state index contributed by atoms with van der Waals surface area (Å²) in [4.78, 5) is 0. The van der Waals surface area contributed by atoms with E-state index in [0.717, 1.165) is 62.2 Å². The summed E-state index contributed by atoms with van der Waals surface area (Å²) in [5, 5.41) is 3.59. The normalized spacial score (nSPS) is 43.3. The first-order chi connectivity index (χ1) is 9.88. The molecular formula is C18H27NO. The van der Waals surface area contributed by atoms with Crippen molar-refractivity contribution in [2.75, 3.05) is 19.8 Å². The highest BCUT2D eigenvalue weighted by Gasteiger charge is 2.47. The molecule has 0 spiro atoms. The van der Waals surface area contributed by atoms with Crippen LogP contribution in [0.3, 0.4) is 0 Å². The van der Waals surface area contributed by atoms with Crippen LogP contribution in [0.5, 0.6) is 0 Å². The minimum Gasteiger partial charge on any atom is -0.381 e. The average Bonchev–Trinajstić information content (AvgIpc) is 2.46. The second-order valence-corrected chi connectivity index (χ2v) is 7.55. The van der Waals surface area contributed by atoms with E-state index in [2.05, 4.69) is 17.2 Å². The van der Waals surface area contributed by atoms with Crippen molar-refractivity contribution >= 4 is 0 Å². The molecule has 0 unspecified atom stereocenters. The molecule has 4 saturated carbocycles. The minimum absolute atomic E-state index is 0.636. The highest BCUT2D eigenvalue weighted by atomic mass is 16.5. The molecule has 5 rings (SSSR count). The Balaban J connectivity index is 1.30. The maximum absolute atomic E-state index is 5.39. The molecule has 2 nitrogen and oxygen atoms in total. The number of nitrogens with one attached hydrogen (secondary N) is 1. The van der Waals surface area contributed by atoms with Crippen molar-refractivity contribution in [3.63, 3.8) is 0 Å². The van der Waals surface area contributed by atoms with E-state index in [4.69, 9.17) is 4.74 Å². The van der Waals surface area contributed by atoms with E-state index >= 15 is 0 Å². The van der Waals surface area contributed by atoms with Gasteiger partial charge in [0.15, 0.2) is 0 Å². The van der Waals surface area contributed by atoms with E-state index in [1.165, 1.54) is 25.7 Å². The zero-order valence-electron chi connectivity index (χ0n) is 12.4. The lowest BCUT2D eigenvalue weighted by molar-refractivity contribution is -0.0123. The Kier molecular flexibility index (Phi) is 3.75. The Hall–Kier alpha value is -0.520. The van der Waals surface area contributed by atoms with Gasteiger partial charge >= 0.3 is 0 Å². The lowest BCUT2D eigenvalue weighted by atomic mass is 9.52. The van der Waals surface area contributed by atoms with Crippen LogP contribution in [-0.2, 0) is 4.74 Å². The van der Waals surface area contributed by atoms with Crippen molar-refractivity contribution in [2.45, 2.75) is 51.0 Å². The fourth-order valence-corrected chi connectivity index (χ4v) is 5.43. The molecule has 0 atom stereocenters. The lowest BCUT2D eigenvalue weighted by Gasteiger charge is -2.52. The molecule has 4 aliphatic carbocycles. The zero-order chi connectivity index (χ0) is 13.4. The van der Waals surface area contributed by atoms with Gasteiger partial charge in [0.05, 0.1) is 6.54 Å². The molecule has 0 aromatic carbocycles. The second-order valence-electron chi connectivity index (χ2n) is 7.55. The zero-order valence-corrected chi connectivity index (χ0v) is 12.4. The van der Waals surface area contributed by atoms with Crippen molar-refractivity contribution < 1.29 is 4.74 Å². The van der Waals surface area contributed by atoms with Crippen LogP contribution in [-0.4, -0.2) is 25.8 Å². The first-order valence-corrected chi connectivity index (χ1v) is 8.68. The van der Waals surface area contributed by atoms with Gasteiger partial charge in [-0.3, -0.25) is 0 Å². The molecule has 1 saturated heterocycles. The van der Waals surface area contributed by atoms with Crippen LogP contribution in [0.25, 0.3) is 0 Å². The van der Waals surface area contributed by atoms with Gasteiger partial charge in [-0.2, -0.15) is 0 Å². The summed E-state index contributed by atoms with van der Waals surface area (Å²) < 4.78 is 5.39. The molecule has 0 amide bonds. The van der Waals surface area contributed by atoms with E-state index in [0.29, 0.717) is 6.04 Å². The molecule has 1 N–H and O–H groups in total. The predicted octanol–water partition coefficient (Wildman–Crippen LogP) is 2.83. The van der Waals surface area contributed by atoms with E-state index in [9.17, 15) is 0 Å². The molecule has 0 radical (unpaired) electrons. The fourth-order valence-electron chi connectivity index (χ4n) is 5.43. The topological polar surface area (TPSA) is 21.3 Å². The third kappa shape index (κ3) is 2.63.